The Bertz CT molecular complexity index is 890. The lowest BCUT2D eigenvalue weighted by molar-refractivity contribution is 0.0256. The van der Waals surface area contributed by atoms with E-state index in [9.17, 15) is 10.2 Å². The van der Waals surface area contributed by atoms with Gasteiger partial charge in [0.05, 0.1) is 12.7 Å². The van der Waals surface area contributed by atoms with Gasteiger partial charge >= 0.3 is 0 Å². The third kappa shape index (κ3) is 3.63. The highest BCUT2D eigenvalue weighted by Crippen LogP contribution is 2.35. The molecule has 3 nitrogen and oxygen atoms in total. The van der Waals surface area contributed by atoms with Crippen LogP contribution >= 0.6 is 0 Å². The van der Waals surface area contributed by atoms with Gasteiger partial charge in [-0.05, 0) is 47.7 Å². The van der Waals surface area contributed by atoms with Crippen LogP contribution in [0.5, 0.6) is 0 Å². The highest BCUT2D eigenvalue weighted by Gasteiger charge is 2.41. The zero-order chi connectivity index (χ0) is 18.7. The van der Waals surface area contributed by atoms with Gasteiger partial charge in [0.15, 0.2) is 0 Å². The molecule has 0 saturated carbocycles. The highest BCUT2D eigenvalue weighted by atomic mass is 16.3. The van der Waals surface area contributed by atoms with Gasteiger partial charge in [0, 0.05) is 12.1 Å². The summed E-state index contributed by atoms with van der Waals surface area (Å²) in [6, 6.07) is 24.6. The number of aliphatic hydroxyl groups excluding tert-OH is 2. The molecule has 4 rings (SSSR count). The van der Waals surface area contributed by atoms with Crippen LogP contribution in [0, 0.1) is 0 Å². The number of β-amino-alcohol motifs (C(OH)–C–C–N with tert-alkyl or cyclic N) is 1. The van der Waals surface area contributed by atoms with E-state index >= 15 is 0 Å². The molecule has 1 saturated heterocycles. The Morgan fingerprint density at radius 3 is 2.48 bits per heavy atom. The fourth-order valence-corrected chi connectivity index (χ4v) is 4.54. The molecule has 1 heterocycles. The summed E-state index contributed by atoms with van der Waals surface area (Å²) in [6.07, 6.45) is 2.25. The van der Waals surface area contributed by atoms with Crippen molar-refractivity contribution in [3.05, 3.63) is 83.9 Å². The Hall–Kier alpha value is -2.20. The standard InChI is InChI=1S/C24H27NO2/c26-18-24(16-19-8-2-1-3-9-19)14-7-15-25(24)17-23(27)22-13-6-11-20-10-4-5-12-21(20)22/h1-6,8-13,23,26-27H,7,14-18H2/t23-,24?/m0/s1. The van der Waals surface area contributed by atoms with Crippen LogP contribution in [0.25, 0.3) is 10.8 Å². The molecule has 2 N–H and O–H groups in total. The predicted octanol–water partition coefficient (Wildman–Crippen LogP) is 3.94. The molecule has 0 radical (unpaired) electrons. The first kappa shape index (κ1) is 18.2. The van der Waals surface area contributed by atoms with Gasteiger partial charge in [0.2, 0.25) is 0 Å². The molecule has 3 heteroatoms. The van der Waals surface area contributed by atoms with E-state index in [0.29, 0.717) is 6.54 Å². The lowest BCUT2D eigenvalue weighted by Gasteiger charge is -2.38. The van der Waals surface area contributed by atoms with Gasteiger partial charge in [-0.1, -0.05) is 72.8 Å². The molecule has 2 atom stereocenters. The van der Waals surface area contributed by atoms with Crippen LogP contribution in [0.2, 0.25) is 0 Å². The average molecular weight is 361 g/mol. The minimum Gasteiger partial charge on any atom is -0.394 e. The molecule has 3 aromatic carbocycles. The van der Waals surface area contributed by atoms with E-state index in [1.165, 1.54) is 5.56 Å². The van der Waals surface area contributed by atoms with Gasteiger partial charge < -0.3 is 10.2 Å². The molecule has 27 heavy (non-hydrogen) atoms. The van der Waals surface area contributed by atoms with Crippen molar-refractivity contribution < 1.29 is 10.2 Å². The molecular weight excluding hydrogens is 334 g/mol. The van der Waals surface area contributed by atoms with Crippen molar-refractivity contribution in [3.63, 3.8) is 0 Å². The Morgan fingerprint density at radius 2 is 1.67 bits per heavy atom. The SMILES string of the molecule is OCC1(Cc2ccccc2)CCCN1C[C@H](O)c1cccc2ccccc12. The molecule has 0 aromatic heterocycles. The maximum absolute atomic E-state index is 11.0. The number of nitrogens with zero attached hydrogens (tertiary/aromatic N) is 1. The lowest BCUT2D eigenvalue weighted by atomic mass is 9.88. The molecule has 1 aliphatic rings. The fraction of sp³-hybridized carbons (Fsp3) is 0.333. The van der Waals surface area contributed by atoms with Crippen LogP contribution in [0.4, 0.5) is 0 Å². The quantitative estimate of drug-likeness (QED) is 0.699. The van der Waals surface area contributed by atoms with E-state index in [4.69, 9.17) is 0 Å². The number of benzene rings is 3. The topological polar surface area (TPSA) is 43.7 Å². The van der Waals surface area contributed by atoms with Crippen molar-refractivity contribution in [2.45, 2.75) is 30.9 Å². The maximum Gasteiger partial charge on any atom is 0.0923 e. The summed E-state index contributed by atoms with van der Waals surface area (Å²) in [6.45, 7) is 1.57. The van der Waals surface area contributed by atoms with Crippen molar-refractivity contribution in [1.29, 1.82) is 0 Å². The third-order valence-corrected chi connectivity index (χ3v) is 5.99. The Labute approximate surface area is 160 Å². The zero-order valence-electron chi connectivity index (χ0n) is 15.6. The van der Waals surface area contributed by atoms with Gasteiger partial charge in [0.25, 0.3) is 0 Å². The van der Waals surface area contributed by atoms with Crippen molar-refractivity contribution in [3.8, 4) is 0 Å². The van der Waals surface area contributed by atoms with Crippen LogP contribution < -0.4 is 0 Å². The van der Waals surface area contributed by atoms with Crippen LogP contribution in [-0.4, -0.2) is 40.3 Å². The average Bonchev–Trinajstić information content (AvgIpc) is 3.10. The summed E-state index contributed by atoms with van der Waals surface area (Å²) in [5.74, 6) is 0. The summed E-state index contributed by atoms with van der Waals surface area (Å²) in [4.78, 5) is 2.30. The molecule has 1 aliphatic heterocycles. The largest absolute Gasteiger partial charge is 0.394 e. The first-order valence-corrected chi connectivity index (χ1v) is 9.77. The van der Waals surface area contributed by atoms with Gasteiger partial charge in [-0.3, -0.25) is 4.90 Å². The highest BCUT2D eigenvalue weighted by molar-refractivity contribution is 5.85. The Morgan fingerprint density at radius 1 is 0.926 bits per heavy atom. The second-order valence-corrected chi connectivity index (χ2v) is 7.68. The van der Waals surface area contributed by atoms with Gasteiger partial charge in [-0.2, -0.15) is 0 Å². The van der Waals surface area contributed by atoms with E-state index in [0.717, 1.165) is 42.1 Å². The van der Waals surface area contributed by atoms with Gasteiger partial charge in [0.1, 0.15) is 0 Å². The number of hydrogen-bond acceptors (Lipinski definition) is 3. The predicted molar refractivity (Wildman–Crippen MR) is 110 cm³/mol. The zero-order valence-corrected chi connectivity index (χ0v) is 15.6. The molecule has 1 fully saturated rings. The van der Waals surface area contributed by atoms with Crippen molar-refractivity contribution in [1.82, 2.24) is 4.90 Å². The van der Waals surface area contributed by atoms with E-state index in [2.05, 4.69) is 35.2 Å². The first-order chi connectivity index (χ1) is 13.2. The second-order valence-electron chi connectivity index (χ2n) is 7.68. The van der Waals surface area contributed by atoms with Crippen molar-refractivity contribution in [2.24, 2.45) is 0 Å². The minimum absolute atomic E-state index is 0.115. The van der Waals surface area contributed by atoms with Crippen LogP contribution in [-0.2, 0) is 6.42 Å². The molecule has 0 bridgehead atoms. The molecule has 140 valence electrons. The van der Waals surface area contributed by atoms with Crippen LogP contribution in [0.1, 0.15) is 30.1 Å². The third-order valence-electron chi connectivity index (χ3n) is 5.99. The second kappa shape index (κ2) is 7.81. The van der Waals surface area contributed by atoms with Crippen LogP contribution in [0.3, 0.4) is 0 Å². The van der Waals surface area contributed by atoms with E-state index in [1.807, 2.05) is 42.5 Å². The summed E-state index contributed by atoms with van der Waals surface area (Å²) >= 11 is 0. The number of likely N-dealkylation sites (tertiary alicyclic amines) is 1. The number of aliphatic hydroxyl groups is 2. The summed E-state index contributed by atoms with van der Waals surface area (Å²) < 4.78 is 0. The minimum atomic E-state index is -0.573. The molecule has 0 aliphatic carbocycles. The van der Waals surface area contributed by atoms with Crippen molar-refractivity contribution in [2.75, 3.05) is 19.7 Å². The number of fused-ring (bicyclic) bond motifs is 1. The smallest absolute Gasteiger partial charge is 0.0923 e. The molecule has 0 amide bonds. The first-order valence-electron chi connectivity index (χ1n) is 9.77. The van der Waals surface area contributed by atoms with E-state index in [1.54, 1.807) is 0 Å². The fourth-order valence-electron chi connectivity index (χ4n) is 4.54. The Kier molecular flexibility index (Phi) is 5.26. The van der Waals surface area contributed by atoms with Gasteiger partial charge in [-0.25, -0.2) is 0 Å². The molecule has 0 spiro atoms. The lowest BCUT2D eigenvalue weighted by Crippen LogP contribution is -2.50. The molecular formula is C24H27NO2. The summed E-state index contributed by atoms with van der Waals surface area (Å²) in [5.41, 5.74) is 1.91. The summed E-state index contributed by atoms with van der Waals surface area (Å²) in [5, 5.41) is 23.6. The van der Waals surface area contributed by atoms with Crippen molar-refractivity contribution >= 4 is 10.8 Å². The van der Waals surface area contributed by atoms with Crippen LogP contribution in [0.15, 0.2) is 72.8 Å². The molecule has 1 unspecified atom stereocenters. The monoisotopic (exact) mass is 361 g/mol. The summed E-state index contributed by atoms with van der Waals surface area (Å²) in [7, 11) is 0. The maximum atomic E-state index is 11.0. The van der Waals surface area contributed by atoms with E-state index in [-0.39, 0.29) is 12.1 Å². The normalized spacial score (nSPS) is 21.6. The van der Waals surface area contributed by atoms with E-state index < -0.39 is 6.10 Å². The molecule has 3 aromatic rings. The number of hydrogen-bond donors (Lipinski definition) is 2. The number of rotatable bonds is 6. The Balaban J connectivity index is 1.58. The van der Waals surface area contributed by atoms with Gasteiger partial charge in [-0.15, -0.1) is 0 Å².